The first-order valence-electron chi connectivity index (χ1n) is 6.59. The van der Waals surface area contributed by atoms with Crippen molar-refractivity contribution in [2.45, 2.75) is 33.9 Å². The molecule has 0 heterocycles. The summed E-state index contributed by atoms with van der Waals surface area (Å²) < 4.78 is 6.00. The van der Waals surface area contributed by atoms with Gasteiger partial charge in [-0.15, -0.1) is 0 Å². The van der Waals surface area contributed by atoms with E-state index >= 15 is 0 Å². The zero-order valence-corrected chi connectivity index (χ0v) is 11.9. The van der Waals surface area contributed by atoms with E-state index in [2.05, 4.69) is 39.0 Å². The van der Waals surface area contributed by atoms with Crippen molar-refractivity contribution < 1.29 is 4.74 Å². The number of ether oxygens (including phenoxy) is 1. The molecule has 2 rings (SSSR count). The Balaban J connectivity index is 2.19. The van der Waals surface area contributed by atoms with Crippen molar-refractivity contribution in [3.05, 3.63) is 64.2 Å². The second kappa shape index (κ2) is 5.89. The predicted octanol–water partition coefficient (Wildman–Crippen LogP) is 3.65. The second-order valence-corrected chi connectivity index (χ2v) is 4.99. The van der Waals surface area contributed by atoms with Crippen molar-refractivity contribution in [3.63, 3.8) is 0 Å². The first-order valence-corrected chi connectivity index (χ1v) is 6.59. The number of hydrogen-bond acceptors (Lipinski definition) is 2. The third-order valence-electron chi connectivity index (χ3n) is 3.31. The molecule has 0 amide bonds. The predicted molar refractivity (Wildman–Crippen MR) is 79.3 cm³/mol. The van der Waals surface area contributed by atoms with E-state index in [1.807, 2.05) is 18.2 Å². The molecule has 0 saturated carbocycles. The Kier molecular flexibility index (Phi) is 4.23. The number of benzene rings is 2. The summed E-state index contributed by atoms with van der Waals surface area (Å²) in [6.45, 7) is 7.39. The molecule has 0 radical (unpaired) electrons. The Bertz CT molecular complexity index is 552. The van der Waals surface area contributed by atoms with Crippen molar-refractivity contribution in [1.29, 1.82) is 0 Å². The van der Waals surface area contributed by atoms with E-state index in [1.165, 1.54) is 16.7 Å². The third-order valence-corrected chi connectivity index (χ3v) is 3.31. The molecule has 0 spiro atoms. The van der Waals surface area contributed by atoms with Crippen LogP contribution >= 0.6 is 0 Å². The van der Waals surface area contributed by atoms with Crippen LogP contribution in [0.1, 0.15) is 27.8 Å². The molecule has 0 atom stereocenters. The first kappa shape index (κ1) is 13.6. The maximum absolute atomic E-state index is 6.00. The standard InChI is InChI=1S/C17H21NO/c1-12-8-13(2)17(14(3)9-12)19-11-16-7-5-4-6-15(16)10-18/h4-9H,10-11,18H2,1-3H3. The minimum Gasteiger partial charge on any atom is -0.488 e. The van der Waals surface area contributed by atoms with E-state index in [0.717, 1.165) is 16.9 Å². The zero-order chi connectivity index (χ0) is 13.8. The van der Waals surface area contributed by atoms with Gasteiger partial charge in [-0.05, 0) is 43.0 Å². The number of hydrogen-bond donors (Lipinski definition) is 1. The Morgan fingerprint density at radius 3 is 2.11 bits per heavy atom. The van der Waals surface area contributed by atoms with Gasteiger partial charge in [0.15, 0.2) is 0 Å². The number of rotatable bonds is 4. The monoisotopic (exact) mass is 255 g/mol. The molecular weight excluding hydrogens is 234 g/mol. The highest BCUT2D eigenvalue weighted by Gasteiger charge is 2.07. The molecule has 0 unspecified atom stereocenters. The Labute approximate surface area is 115 Å². The molecule has 19 heavy (non-hydrogen) atoms. The van der Waals surface area contributed by atoms with E-state index in [-0.39, 0.29) is 0 Å². The Morgan fingerprint density at radius 2 is 1.53 bits per heavy atom. The molecule has 2 aromatic rings. The molecule has 2 N–H and O–H groups in total. The average molecular weight is 255 g/mol. The average Bonchev–Trinajstić information content (AvgIpc) is 2.38. The van der Waals surface area contributed by atoms with Crippen molar-refractivity contribution in [3.8, 4) is 5.75 Å². The number of aryl methyl sites for hydroxylation is 3. The van der Waals surface area contributed by atoms with Gasteiger partial charge in [0.25, 0.3) is 0 Å². The fourth-order valence-electron chi connectivity index (χ4n) is 2.44. The van der Waals surface area contributed by atoms with Crippen LogP contribution in [0.3, 0.4) is 0 Å². The molecule has 100 valence electrons. The van der Waals surface area contributed by atoms with E-state index in [0.29, 0.717) is 13.2 Å². The summed E-state index contributed by atoms with van der Waals surface area (Å²) in [4.78, 5) is 0. The molecule has 0 saturated heterocycles. The van der Waals surface area contributed by atoms with Gasteiger partial charge < -0.3 is 10.5 Å². The van der Waals surface area contributed by atoms with E-state index in [1.54, 1.807) is 0 Å². The molecule has 0 aliphatic carbocycles. The van der Waals surface area contributed by atoms with E-state index in [9.17, 15) is 0 Å². The van der Waals surface area contributed by atoms with E-state index < -0.39 is 0 Å². The van der Waals surface area contributed by atoms with Gasteiger partial charge in [-0.1, -0.05) is 42.0 Å². The summed E-state index contributed by atoms with van der Waals surface area (Å²) in [5, 5.41) is 0. The quantitative estimate of drug-likeness (QED) is 0.905. The fraction of sp³-hybridized carbons (Fsp3) is 0.294. The van der Waals surface area contributed by atoms with Crippen LogP contribution in [-0.4, -0.2) is 0 Å². The van der Waals surface area contributed by atoms with Gasteiger partial charge in [-0.25, -0.2) is 0 Å². The molecule has 2 nitrogen and oxygen atoms in total. The van der Waals surface area contributed by atoms with Crippen LogP contribution in [0.15, 0.2) is 36.4 Å². The molecule has 0 fully saturated rings. The normalized spacial score (nSPS) is 10.5. The molecule has 2 aromatic carbocycles. The van der Waals surface area contributed by atoms with Gasteiger partial charge in [0.05, 0.1) is 0 Å². The fourth-order valence-corrected chi connectivity index (χ4v) is 2.44. The third kappa shape index (κ3) is 3.15. The van der Waals surface area contributed by atoms with Crippen LogP contribution in [0.2, 0.25) is 0 Å². The van der Waals surface area contributed by atoms with Crippen LogP contribution in [0.5, 0.6) is 5.75 Å². The van der Waals surface area contributed by atoms with Crippen LogP contribution < -0.4 is 10.5 Å². The van der Waals surface area contributed by atoms with Crippen LogP contribution in [0.4, 0.5) is 0 Å². The van der Waals surface area contributed by atoms with Crippen LogP contribution in [0, 0.1) is 20.8 Å². The lowest BCUT2D eigenvalue weighted by Crippen LogP contribution is -2.05. The Hall–Kier alpha value is -1.80. The van der Waals surface area contributed by atoms with Gasteiger partial charge in [0.1, 0.15) is 12.4 Å². The Morgan fingerprint density at radius 1 is 0.947 bits per heavy atom. The van der Waals surface area contributed by atoms with Crippen molar-refractivity contribution >= 4 is 0 Å². The lowest BCUT2D eigenvalue weighted by atomic mass is 10.1. The van der Waals surface area contributed by atoms with Crippen LogP contribution in [-0.2, 0) is 13.2 Å². The summed E-state index contributed by atoms with van der Waals surface area (Å²) in [6.07, 6.45) is 0. The van der Waals surface area contributed by atoms with Gasteiger partial charge in [0, 0.05) is 6.54 Å². The summed E-state index contributed by atoms with van der Waals surface area (Å²) >= 11 is 0. The molecule has 2 heteroatoms. The molecule has 0 aliphatic heterocycles. The summed E-state index contributed by atoms with van der Waals surface area (Å²) in [7, 11) is 0. The minimum atomic E-state index is 0.547. The molecule has 0 aromatic heterocycles. The van der Waals surface area contributed by atoms with Crippen molar-refractivity contribution in [2.24, 2.45) is 5.73 Å². The van der Waals surface area contributed by atoms with Gasteiger partial charge in [-0.3, -0.25) is 0 Å². The molecular formula is C17H21NO. The van der Waals surface area contributed by atoms with Crippen LogP contribution in [0.25, 0.3) is 0 Å². The largest absolute Gasteiger partial charge is 0.488 e. The van der Waals surface area contributed by atoms with Gasteiger partial charge in [0.2, 0.25) is 0 Å². The summed E-state index contributed by atoms with van der Waals surface area (Å²) in [6, 6.07) is 12.4. The lowest BCUT2D eigenvalue weighted by Gasteiger charge is -2.14. The smallest absolute Gasteiger partial charge is 0.125 e. The minimum absolute atomic E-state index is 0.547. The van der Waals surface area contributed by atoms with Crippen molar-refractivity contribution in [2.75, 3.05) is 0 Å². The molecule has 0 bridgehead atoms. The maximum Gasteiger partial charge on any atom is 0.125 e. The zero-order valence-electron chi connectivity index (χ0n) is 11.9. The topological polar surface area (TPSA) is 35.2 Å². The highest BCUT2D eigenvalue weighted by atomic mass is 16.5. The highest BCUT2D eigenvalue weighted by molar-refractivity contribution is 5.43. The van der Waals surface area contributed by atoms with Gasteiger partial charge in [-0.2, -0.15) is 0 Å². The second-order valence-electron chi connectivity index (χ2n) is 4.99. The number of nitrogens with two attached hydrogens (primary N) is 1. The highest BCUT2D eigenvalue weighted by Crippen LogP contribution is 2.25. The summed E-state index contributed by atoms with van der Waals surface area (Å²) in [5.74, 6) is 0.984. The maximum atomic E-state index is 6.00. The van der Waals surface area contributed by atoms with E-state index in [4.69, 9.17) is 10.5 Å². The van der Waals surface area contributed by atoms with Crippen molar-refractivity contribution in [1.82, 2.24) is 0 Å². The molecule has 0 aliphatic rings. The van der Waals surface area contributed by atoms with Gasteiger partial charge >= 0.3 is 0 Å². The summed E-state index contributed by atoms with van der Waals surface area (Å²) in [5.41, 5.74) is 11.7. The SMILES string of the molecule is Cc1cc(C)c(OCc2ccccc2CN)c(C)c1. The lowest BCUT2D eigenvalue weighted by molar-refractivity contribution is 0.300. The first-order chi connectivity index (χ1) is 9.11.